The van der Waals surface area contributed by atoms with Gasteiger partial charge in [-0.25, -0.2) is 0 Å². The highest BCUT2D eigenvalue weighted by Crippen LogP contribution is 2.30. The van der Waals surface area contributed by atoms with Crippen molar-refractivity contribution in [2.75, 3.05) is 19.7 Å². The minimum atomic E-state index is -4.50. The molecule has 1 aliphatic rings. The SMILES string of the molecule is CC1CCCC(CCNCCOC(F)(F)F)C1. The van der Waals surface area contributed by atoms with Gasteiger partial charge in [-0.15, -0.1) is 13.2 Å². The summed E-state index contributed by atoms with van der Waals surface area (Å²) in [6.45, 7) is 3.03. The predicted octanol–water partition coefficient (Wildman–Crippen LogP) is 3.33. The van der Waals surface area contributed by atoms with Crippen LogP contribution < -0.4 is 5.32 Å². The molecule has 1 fully saturated rings. The standard InChI is InChI=1S/C12H22F3NO/c1-10-3-2-4-11(9-10)5-6-16-7-8-17-12(13,14)15/h10-11,16H,2-9H2,1H3. The van der Waals surface area contributed by atoms with Gasteiger partial charge in [0.25, 0.3) is 0 Å². The second kappa shape index (κ2) is 7.21. The summed E-state index contributed by atoms with van der Waals surface area (Å²) in [5.74, 6) is 1.55. The second-order valence-electron chi connectivity index (χ2n) is 4.97. The molecule has 102 valence electrons. The van der Waals surface area contributed by atoms with E-state index in [1.807, 2.05) is 0 Å². The van der Waals surface area contributed by atoms with Crippen molar-refractivity contribution in [1.29, 1.82) is 0 Å². The third kappa shape index (κ3) is 7.60. The first-order valence-corrected chi connectivity index (χ1v) is 6.39. The lowest BCUT2D eigenvalue weighted by atomic mass is 9.81. The quantitative estimate of drug-likeness (QED) is 0.733. The van der Waals surface area contributed by atoms with Gasteiger partial charge < -0.3 is 5.32 Å². The minimum Gasteiger partial charge on any atom is -0.314 e. The second-order valence-corrected chi connectivity index (χ2v) is 4.97. The minimum absolute atomic E-state index is 0.266. The van der Waals surface area contributed by atoms with Crippen molar-refractivity contribution in [2.45, 2.75) is 45.4 Å². The molecule has 1 saturated carbocycles. The Bertz CT molecular complexity index is 208. The molecule has 0 aromatic heterocycles. The van der Waals surface area contributed by atoms with E-state index in [9.17, 15) is 13.2 Å². The number of nitrogens with one attached hydrogen (secondary N) is 1. The van der Waals surface area contributed by atoms with Gasteiger partial charge >= 0.3 is 6.36 Å². The van der Waals surface area contributed by atoms with Crippen molar-refractivity contribution in [3.8, 4) is 0 Å². The van der Waals surface area contributed by atoms with E-state index in [4.69, 9.17) is 0 Å². The summed E-state index contributed by atoms with van der Waals surface area (Å²) in [6, 6.07) is 0. The molecule has 0 radical (unpaired) electrons. The highest BCUT2D eigenvalue weighted by atomic mass is 19.4. The highest BCUT2D eigenvalue weighted by molar-refractivity contribution is 4.71. The number of hydrogen-bond acceptors (Lipinski definition) is 2. The Hall–Kier alpha value is -0.290. The van der Waals surface area contributed by atoms with E-state index in [-0.39, 0.29) is 13.2 Å². The van der Waals surface area contributed by atoms with Crippen LogP contribution in [-0.4, -0.2) is 26.1 Å². The van der Waals surface area contributed by atoms with Gasteiger partial charge in [0.2, 0.25) is 0 Å². The Morgan fingerprint density at radius 1 is 1.24 bits per heavy atom. The molecule has 2 nitrogen and oxygen atoms in total. The first kappa shape index (κ1) is 14.8. The highest BCUT2D eigenvalue weighted by Gasteiger charge is 2.28. The number of ether oxygens (including phenoxy) is 1. The molecular formula is C12H22F3NO. The fourth-order valence-corrected chi connectivity index (χ4v) is 2.49. The number of rotatable bonds is 6. The smallest absolute Gasteiger partial charge is 0.314 e. The Morgan fingerprint density at radius 3 is 2.65 bits per heavy atom. The average Bonchev–Trinajstić information content (AvgIpc) is 2.22. The molecule has 17 heavy (non-hydrogen) atoms. The van der Waals surface area contributed by atoms with E-state index in [2.05, 4.69) is 17.0 Å². The molecule has 0 heterocycles. The molecule has 0 amide bonds. The van der Waals surface area contributed by atoms with Gasteiger partial charge in [0, 0.05) is 6.54 Å². The third-order valence-corrected chi connectivity index (χ3v) is 3.32. The van der Waals surface area contributed by atoms with Crippen LogP contribution in [0.15, 0.2) is 0 Å². The van der Waals surface area contributed by atoms with Crippen molar-refractivity contribution in [3.63, 3.8) is 0 Å². The van der Waals surface area contributed by atoms with Crippen LogP contribution in [-0.2, 0) is 4.74 Å². The van der Waals surface area contributed by atoms with Crippen LogP contribution >= 0.6 is 0 Å². The average molecular weight is 253 g/mol. The molecule has 0 aromatic rings. The maximum Gasteiger partial charge on any atom is 0.522 e. The predicted molar refractivity (Wildman–Crippen MR) is 60.6 cm³/mol. The van der Waals surface area contributed by atoms with Gasteiger partial charge in [0.15, 0.2) is 0 Å². The van der Waals surface area contributed by atoms with Gasteiger partial charge in [0.05, 0.1) is 6.61 Å². The normalized spacial score (nSPS) is 26.1. The summed E-state index contributed by atoms with van der Waals surface area (Å²) in [4.78, 5) is 0. The van der Waals surface area contributed by atoms with E-state index in [1.54, 1.807) is 0 Å². The van der Waals surface area contributed by atoms with E-state index >= 15 is 0 Å². The molecule has 0 saturated heterocycles. The van der Waals surface area contributed by atoms with Crippen molar-refractivity contribution < 1.29 is 17.9 Å². The Labute approximate surface area is 101 Å². The summed E-state index contributed by atoms with van der Waals surface area (Å²) in [7, 11) is 0. The first-order valence-electron chi connectivity index (χ1n) is 6.39. The monoisotopic (exact) mass is 253 g/mol. The fourth-order valence-electron chi connectivity index (χ4n) is 2.49. The lowest BCUT2D eigenvalue weighted by molar-refractivity contribution is -0.323. The largest absolute Gasteiger partial charge is 0.522 e. The molecule has 5 heteroatoms. The Balaban J connectivity index is 1.93. The molecule has 1 N–H and O–H groups in total. The lowest BCUT2D eigenvalue weighted by Crippen LogP contribution is -2.26. The summed E-state index contributed by atoms with van der Waals surface area (Å²) >= 11 is 0. The van der Waals surface area contributed by atoms with E-state index in [1.165, 1.54) is 25.7 Å². The van der Waals surface area contributed by atoms with Crippen molar-refractivity contribution in [2.24, 2.45) is 11.8 Å². The van der Waals surface area contributed by atoms with Gasteiger partial charge in [0.1, 0.15) is 0 Å². The summed E-state index contributed by atoms with van der Waals surface area (Å²) < 4.78 is 38.6. The van der Waals surface area contributed by atoms with Crippen molar-refractivity contribution in [1.82, 2.24) is 5.32 Å². The van der Waals surface area contributed by atoms with Crippen LogP contribution in [0.2, 0.25) is 0 Å². The number of halogens is 3. The summed E-state index contributed by atoms with van der Waals surface area (Å²) in [6.07, 6.45) is 1.72. The van der Waals surface area contributed by atoms with Crippen LogP contribution in [0.5, 0.6) is 0 Å². The van der Waals surface area contributed by atoms with Crippen LogP contribution in [0, 0.1) is 11.8 Å². The number of hydrogen-bond donors (Lipinski definition) is 1. The zero-order valence-corrected chi connectivity index (χ0v) is 10.4. The maximum atomic E-state index is 11.6. The molecule has 0 spiro atoms. The van der Waals surface area contributed by atoms with E-state index in [0.717, 1.165) is 24.8 Å². The van der Waals surface area contributed by atoms with Crippen LogP contribution in [0.25, 0.3) is 0 Å². The lowest BCUT2D eigenvalue weighted by Gasteiger charge is -2.26. The van der Waals surface area contributed by atoms with Gasteiger partial charge in [-0.2, -0.15) is 0 Å². The molecule has 0 aliphatic heterocycles. The zero-order chi connectivity index (χ0) is 12.7. The van der Waals surface area contributed by atoms with Gasteiger partial charge in [-0.3, -0.25) is 4.74 Å². The summed E-state index contributed by atoms with van der Waals surface area (Å²) in [5, 5.41) is 3.00. The molecule has 1 rings (SSSR count). The van der Waals surface area contributed by atoms with Crippen molar-refractivity contribution in [3.05, 3.63) is 0 Å². The molecule has 2 unspecified atom stereocenters. The van der Waals surface area contributed by atoms with E-state index < -0.39 is 6.36 Å². The van der Waals surface area contributed by atoms with Crippen LogP contribution in [0.1, 0.15) is 39.0 Å². The zero-order valence-electron chi connectivity index (χ0n) is 10.4. The van der Waals surface area contributed by atoms with Crippen LogP contribution in [0.4, 0.5) is 13.2 Å². The molecule has 0 bridgehead atoms. The van der Waals surface area contributed by atoms with E-state index in [0.29, 0.717) is 0 Å². The molecular weight excluding hydrogens is 231 g/mol. The molecule has 2 atom stereocenters. The maximum absolute atomic E-state index is 11.6. The van der Waals surface area contributed by atoms with Crippen molar-refractivity contribution >= 4 is 0 Å². The third-order valence-electron chi connectivity index (χ3n) is 3.32. The molecule has 1 aliphatic carbocycles. The fraction of sp³-hybridized carbons (Fsp3) is 1.00. The van der Waals surface area contributed by atoms with Crippen LogP contribution in [0.3, 0.4) is 0 Å². The topological polar surface area (TPSA) is 21.3 Å². The number of alkyl halides is 3. The summed E-state index contributed by atoms with van der Waals surface area (Å²) in [5.41, 5.74) is 0. The van der Waals surface area contributed by atoms with Gasteiger partial charge in [-0.05, 0) is 31.2 Å². The first-order chi connectivity index (χ1) is 7.97. The molecule has 0 aromatic carbocycles. The Morgan fingerprint density at radius 2 is 2.00 bits per heavy atom. The Kier molecular flexibility index (Phi) is 6.27. The van der Waals surface area contributed by atoms with Gasteiger partial charge in [-0.1, -0.05) is 26.2 Å².